The zero-order valence-corrected chi connectivity index (χ0v) is 21.5. The number of hydrogen-bond acceptors (Lipinski definition) is 7. The summed E-state index contributed by atoms with van der Waals surface area (Å²) in [6, 6.07) is 9.68. The van der Waals surface area contributed by atoms with Gasteiger partial charge in [-0.3, -0.25) is 4.79 Å². The van der Waals surface area contributed by atoms with Crippen LogP contribution in [0.1, 0.15) is 33.6 Å². The van der Waals surface area contributed by atoms with Crippen molar-refractivity contribution in [3.05, 3.63) is 40.8 Å². The van der Waals surface area contributed by atoms with E-state index < -0.39 is 26.0 Å². The maximum Gasteiger partial charge on any atom is 0.305 e. The summed E-state index contributed by atoms with van der Waals surface area (Å²) in [4.78, 5) is 15.3. The first-order valence-corrected chi connectivity index (χ1v) is 14.4. The molecule has 0 aliphatic carbocycles. The van der Waals surface area contributed by atoms with Crippen molar-refractivity contribution in [2.24, 2.45) is 5.11 Å². The van der Waals surface area contributed by atoms with Gasteiger partial charge in [0.05, 0.1) is 27.4 Å². The van der Waals surface area contributed by atoms with Crippen LogP contribution in [0.2, 0.25) is 18.6 Å². The van der Waals surface area contributed by atoms with E-state index >= 15 is 0 Å². The monoisotopic (exact) mass is 479 g/mol. The molecule has 1 aromatic rings. The minimum atomic E-state index is -2.36. The van der Waals surface area contributed by atoms with Crippen LogP contribution in [0.25, 0.3) is 10.4 Å². The fourth-order valence-electron chi connectivity index (χ4n) is 4.51. The first kappa shape index (κ1) is 27.3. The van der Waals surface area contributed by atoms with E-state index in [9.17, 15) is 10.3 Å². The Labute approximate surface area is 197 Å². The second kappa shape index (κ2) is 12.5. The zero-order valence-electron chi connectivity index (χ0n) is 20.5. The molecule has 0 aromatic heterocycles. The highest BCUT2D eigenvalue weighted by Crippen LogP contribution is 2.40. The Morgan fingerprint density at radius 1 is 1.33 bits per heavy atom. The van der Waals surface area contributed by atoms with Gasteiger partial charge >= 0.3 is 5.97 Å². The van der Waals surface area contributed by atoms with E-state index in [1.54, 1.807) is 14.0 Å². The van der Waals surface area contributed by atoms with Crippen LogP contribution in [-0.2, 0) is 28.5 Å². The molecule has 9 nitrogen and oxygen atoms in total. The lowest BCUT2D eigenvalue weighted by atomic mass is 10.00. The van der Waals surface area contributed by atoms with Gasteiger partial charge in [0.15, 0.2) is 5.79 Å². The summed E-state index contributed by atoms with van der Waals surface area (Å²) < 4.78 is 28.6. The number of azide groups is 1. The lowest BCUT2D eigenvalue weighted by Crippen LogP contribution is -2.57. The largest absolute Gasteiger partial charge is 0.466 e. The van der Waals surface area contributed by atoms with E-state index in [-0.39, 0.29) is 30.8 Å². The molecular formula is C23H37N3O6Si. The van der Waals surface area contributed by atoms with Crippen molar-refractivity contribution in [3.63, 3.8) is 0 Å². The van der Waals surface area contributed by atoms with E-state index in [0.29, 0.717) is 19.6 Å². The molecule has 1 fully saturated rings. The molecule has 1 aromatic carbocycles. The van der Waals surface area contributed by atoms with Gasteiger partial charge in [0.1, 0.15) is 12.9 Å². The van der Waals surface area contributed by atoms with Crippen molar-refractivity contribution in [1.82, 2.24) is 0 Å². The Bertz CT molecular complexity index is 801. The number of hydrogen-bond donors (Lipinski definition) is 0. The highest BCUT2D eigenvalue weighted by Gasteiger charge is 2.50. The van der Waals surface area contributed by atoms with Crippen molar-refractivity contribution in [2.75, 3.05) is 27.1 Å². The molecule has 184 valence electrons. The van der Waals surface area contributed by atoms with Gasteiger partial charge in [-0.25, -0.2) is 0 Å². The van der Waals surface area contributed by atoms with Crippen LogP contribution in [-0.4, -0.2) is 65.2 Å². The number of methoxy groups -OCH3 is 1. The van der Waals surface area contributed by atoms with Crippen molar-refractivity contribution >= 4 is 19.2 Å². The molecule has 0 unspecified atom stereocenters. The average Bonchev–Trinajstić information content (AvgIpc) is 3.14. The Hall–Kier alpha value is -1.94. The van der Waals surface area contributed by atoms with Crippen LogP contribution >= 0.6 is 0 Å². The number of carbonyl (C=O) groups excluding carboxylic acids is 1. The number of benzene rings is 1. The fraction of sp³-hybridized carbons (Fsp3) is 0.696. The molecule has 0 radical (unpaired) electrons. The van der Waals surface area contributed by atoms with Gasteiger partial charge in [0.2, 0.25) is 0 Å². The third-order valence-electron chi connectivity index (χ3n) is 6.04. The van der Waals surface area contributed by atoms with Gasteiger partial charge in [-0.05, 0) is 38.3 Å². The van der Waals surface area contributed by atoms with Crippen LogP contribution in [0.3, 0.4) is 0 Å². The highest BCUT2D eigenvalue weighted by atomic mass is 28.3. The molecule has 1 heterocycles. The normalized spacial score (nSPS) is 20.5. The number of carbonyl (C=O) groups is 1. The lowest BCUT2D eigenvalue weighted by Gasteiger charge is -2.43. The highest BCUT2D eigenvalue weighted by molar-refractivity contribution is 6.91. The van der Waals surface area contributed by atoms with Gasteiger partial charge < -0.3 is 23.7 Å². The maximum atomic E-state index is 12.1. The number of nitrogens with zero attached hydrogens (tertiary/aromatic N) is 3. The molecule has 1 saturated heterocycles. The van der Waals surface area contributed by atoms with Crippen molar-refractivity contribution in [2.45, 2.75) is 76.3 Å². The quantitative estimate of drug-likeness (QED) is 0.105. The van der Waals surface area contributed by atoms with Crippen LogP contribution in [0.15, 0.2) is 35.4 Å². The first-order valence-electron chi connectivity index (χ1n) is 11.3. The Balaban J connectivity index is 2.52. The summed E-state index contributed by atoms with van der Waals surface area (Å²) >= 11 is 0. The number of esters is 1. The van der Waals surface area contributed by atoms with Crippen LogP contribution in [0, 0.1) is 0 Å². The molecule has 2 rings (SSSR count). The standard InChI is InChI=1S/C23H37N3O6Si/c1-7-29-20(27)14-13-18(25-26-24)22(33(5,6)17-11-9-8-10-12-17)21(30-16-28-4)19-15-31-23(2,3)32-19/h8-12,18-19,21-22H,7,13-16H2,1-6H3/t18-,19-,21-,22+/m1/s1. The van der Waals surface area contributed by atoms with E-state index in [1.165, 1.54) is 5.19 Å². The predicted octanol–water partition coefficient (Wildman–Crippen LogP) is 4.14. The molecule has 0 spiro atoms. The molecule has 1 aliphatic rings. The molecule has 10 heteroatoms. The van der Waals surface area contributed by atoms with Gasteiger partial charge in [-0.2, -0.15) is 0 Å². The van der Waals surface area contributed by atoms with Crippen LogP contribution in [0.5, 0.6) is 0 Å². The van der Waals surface area contributed by atoms with Crippen LogP contribution in [0.4, 0.5) is 0 Å². The van der Waals surface area contributed by atoms with Crippen molar-refractivity contribution in [1.29, 1.82) is 0 Å². The smallest absolute Gasteiger partial charge is 0.305 e. The van der Waals surface area contributed by atoms with Gasteiger partial charge in [0.25, 0.3) is 0 Å². The van der Waals surface area contributed by atoms with Gasteiger partial charge in [0, 0.05) is 24.5 Å². The second-order valence-corrected chi connectivity index (χ2v) is 13.8. The van der Waals surface area contributed by atoms with E-state index in [2.05, 4.69) is 35.3 Å². The molecule has 0 amide bonds. The van der Waals surface area contributed by atoms with E-state index in [0.717, 1.165) is 0 Å². The second-order valence-electron chi connectivity index (χ2n) is 9.13. The average molecular weight is 480 g/mol. The Kier molecular flexibility index (Phi) is 10.3. The topological polar surface area (TPSA) is 112 Å². The molecule has 0 N–H and O–H groups in total. The first-order chi connectivity index (χ1) is 15.7. The van der Waals surface area contributed by atoms with Gasteiger partial charge in [-0.1, -0.05) is 53.7 Å². The molecule has 33 heavy (non-hydrogen) atoms. The summed E-state index contributed by atoms with van der Waals surface area (Å²) in [5, 5.41) is 5.36. The number of rotatable bonds is 13. The molecular weight excluding hydrogens is 442 g/mol. The minimum absolute atomic E-state index is 0.0571. The summed E-state index contributed by atoms with van der Waals surface area (Å²) in [6.07, 6.45) is -0.348. The third-order valence-corrected chi connectivity index (χ3v) is 10.2. The van der Waals surface area contributed by atoms with Crippen LogP contribution < -0.4 is 5.19 Å². The maximum absolute atomic E-state index is 12.1. The summed E-state index contributed by atoms with van der Waals surface area (Å²) in [7, 11) is -0.797. The van der Waals surface area contributed by atoms with E-state index in [1.807, 2.05) is 32.0 Å². The SMILES string of the molecule is CCOC(=O)CC[C@@H](N=[N+]=[N-])[C@@H]([C@H](OCOC)[C@H]1COC(C)(C)O1)[Si](C)(C)c1ccccc1. The Morgan fingerprint density at radius 3 is 2.58 bits per heavy atom. The summed E-state index contributed by atoms with van der Waals surface area (Å²) in [5.41, 5.74) is 9.21. The lowest BCUT2D eigenvalue weighted by molar-refractivity contribution is -0.171. The summed E-state index contributed by atoms with van der Waals surface area (Å²) in [6.45, 7) is 10.6. The molecule has 1 aliphatic heterocycles. The van der Waals surface area contributed by atoms with Crippen molar-refractivity contribution < 1.29 is 28.5 Å². The molecule has 0 bridgehead atoms. The predicted molar refractivity (Wildman–Crippen MR) is 128 cm³/mol. The minimum Gasteiger partial charge on any atom is -0.466 e. The fourth-order valence-corrected chi connectivity index (χ4v) is 8.28. The number of ether oxygens (including phenoxy) is 5. The van der Waals surface area contributed by atoms with E-state index in [4.69, 9.17) is 23.7 Å². The zero-order chi connectivity index (χ0) is 24.5. The third kappa shape index (κ3) is 7.53. The van der Waals surface area contributed by atoms with Gasteiger partial charge in [-0.15, -0.1) is 0 Å². The molecule has 4 atom stereocenters. The van der Waals surface area contributed by atoms with Crippen molar-refractivity contribution in [3.8, 4) is 0 Å². The molecule has 0 saturated carbocycles. The Morgan fingerprint density at radius 2 is 2.03 bits per heavy atom. The summed E-state index contributed by atoms with van der Waals surface area (Å²) in [5.74, 6) is -1.06.